The summed E-state index contributed by atoms with van der Waals surface area (Å²) in [6.45, 7) is 4.82. The van der Waals surface area contributed by atoms with Crippen molar-refractivity contribution < 1.29 is 0 Å². The number of hydrogen-bond donors (Lipinski definition) is 2. The van der Waals surface area contributed by atoms with Crippen LogP contribution < -0.4 is 10.6 Å². The van der Waals surface area contributed by atoms with Crippen LogP contribution in [0.2, 0.25) is 0 Å². The summed E-state index contributed by atoms with van der Waals surface area (Å²) in [7, 11) is 1.80. The summed E-state index contributed by atoms with van der Waals surface area (Å²) in [5.41, 5.74) is 1.09. The molecule has 3 heterocycles. The van der Waals surface area contributed by atoms with E-state index in [0.717, 1.165) is 37.6 Å². The van der Waals surface area contributed by atoms with E-state index in [9.17, 15) is 0 Å². The average molecular weight is 459 g/mol. The monoisotopic (exact) mass is 459 g/mol. The van der Waals surface area contributed by atoms with Crippen LogP contribution in [-0.4, -0.2) is 22.6 Å². The molecular weight excluding hydrogens is 433 g/mol. The van der Waals surface area contributed by atoms with Gasteiger partial charge in [0.25, 0.3) is 0 Å². The van der Waals surface area contributed by atoms with Crippen LogP contribution in [0.4, 0.5) is 0 Å². The summed E-state index contributed by atoms with van der Waals surface area (Å²) in [4.78, 5) is 11.8. The molecular formula is C17H26IN5S. The van der Waals surface area contributed by atoms with E-state index in [-0.39, 0.29) is 24.0 Å². The van der Waals surface area contributed by atoms with Crippen molar-refractivity contribution in [3.8, 4) is 0 Å². The Balaban J connectivity index is 0.00000208. The third-order valence-corrected chi connectivity index (χ3v) is 5.34. The molecule has 0 saturated carbocycles. The quantitative estimate of drug-likeness (QED) is 0.410. The standard InChI is InChI=1S/C17H25N5S.HI/c1-3-14-7-8-15(23-14)11-20-17(18-2)19-10-13-12-22-9-5-4-6-16(22)21-13;/h7-8,12H,3-6,9-11H2,1-2H3,(H2,18,19,20);1H. The summed E-state index contributed by atoms with van der Waals surface area (Å²) >= 11 is 1.86. The molecule has 132 valence electrons. The topological polar surface area (TPSA) is 54.2 Å². The molecule has 24 heavy (non-hydrogen) atoms. The molecule has 0 aromatic carbocycles. The highest BCUT2D eigenvalue weighted by Crippen LogP contribution is 2.16. The third-order valence-electron chi connectivity index (χ3n) is 4.11. The minimum atomic E-state index is 0. The van der Waals surface area contributed by atoms with Crippen LogP contribution >= 0.6 is 35.3 Å². The molecule has 0 spiro atoms. The largest absolute Gasteiger partial charge is 0.352 e. The van der Waals surface area contributed by atoms with E-state index in [2.05, 4.69) is 45.4 Å². The first-order chi connectivity index (χ1) is 11.3. The Morgan fingerprint density at radius 3 is 2.75 bits per heavy atom. The number of hydrogen-bond acceptors (Lipinski definition) is 3. The van der Waals surface area contributed by atoms with Gasteiger partial charge in [-0.15, -0.1) is 35.3 Å². The Bertz CT molecular complexity index is 653. The highest BCUT2D eigenvalue weighted by Gasteiger charge is 2.12. The van der Waals surface area contributed by atoms with Gasteiger partial charge in [0, 0.05) is 36.0 Å². The number of guanidine groups is 1. The zero-order valence-corrected chi connectivity index (χ0v) is 17.5. The number of rotatable bonds is 5. The van der Waals surface area contributed by atoms with Crippen molar-refractivity contribution in [1.82, 2.24) is 20.2 Å². The SMILES string of the molecule is CCc1ccc(CNC(=NC)NCc2cn3c(n2)CCCC3)s1.I. The lowest BCUT2D eigenvalue weighted by Crippen LogP contribution is -2.36. The molecule has 7 heteroatoms. The predicted octanol–water partition coefficient (Wildman–Crippen LogP) is 3.33. The Morgan fingerprint density at radius 1 is 1.25 bits per heavy atom. The van der Waals surface area contributed by atoms with Crippen LogP contribution in [0.5, 0.6) is 0 Å². The fraction of sp³-hybridized carbons (Fsp3) is 0.529. The zero-order chi connectivity index (χ0) is 16.1. The first-order valence-corrected chi connectivity index (χ1v) is 9.17. The molecule has 0 unspecified atom stereocenters. The molecule has 0 amide bonds. The van der Waals surface area contributed by atoms with Gasteiger partial charge in [0.1, 0.15) is 5.82 Å². The maximum Gasteiger partial charge on any atom is 0.191 e. The molecule has 0 aliphatic carbocycles. The van der Waals surface area contributed by atoms with Gasteiger partial charge in [0.2, 0.25) is 0 Å². The highest BCUT2D eigenvalue weighted by atomic mass is 127. The van der Waals surface area contributed by atoms with Crippen molar-refractivity contribution in [1.29, 1.82) is 0 Å². The molecule has 5 nitrogen and oxygen atoms in total. The lowest BCUT2D eigenvalue weighted by atomic mass is 10.2. The zero-order valence-electron chi connectivity index (χ0n) is 14.3. The minimum Gasteiger partial charge on any atom is -0.352 e. The van der Waals surface area contributed by atoms with E-state index in [1.54, 1.807) is 7.05 Å². The van der Waals surface area contributed by atoms with Gasteiger partial charge in [0.15, 0.2) is 5.96 Å². The van der Waals surface area contributed by atoms with Crippen molar-refractivity contribution in [2.24, 2.45) is 4.99 Å². The number of imidazole rings is 1. The highest BCUT2D eigenvalue weighted by molar-refractivity contribution is 14.0. The molecule has 0 atom stereocenters. The van der Waals surface area contributed by atoms with Gasteiger partial charge < -0.3 is 15.2 Å². The lowest BCUT2D eigenvalue weighted by Gasteiger charge is -2.11. The van der Waals surface area contributed by atoms with E-state index in [1.165, 1.54) is 28.4 Å². The predicted molar refractivity (Wildman–Crippen MR) is 111 cm³/mol. The summed E-state index contributed by atoms with van der Waals surface area (Å²) in [5, 5.41) is 6.72. The number of aromatic nitrogens is 2. The van der Waals surface area contributed by atoms with E-state index in [1.807, 2.05) is 11.3 Å². The number of nitrogens with zero attached hydrogens (tertiary/aromatic N) is 3. The van der Waals surface area contributed by atoms with E-state index >= 15 is 0 Å². The number of thiophene rings is 1. The molecule has 0 saturated heterocycles. The number of aryl methyl sites for hydroxylation is 3. The van der Waals surface area contributed by atoms with Crippen molar-refractivity contribution in [2.75, 3.05) is 7.05 Å². The number of fused-ring (bicyclic) bond motifs is 1. The summed E-state index contributed by atoms with van der Waals surface area (Å²) < 4.78 is 2.29. The number of halogens is 1. The van der Waals surface area contributed by atoms with Crippen molar-refractivity contribution in [2.45, 2.75) is 52.2 Å². The van der Waals surface area contributed by atoms with E-state index in [4.69, 9.17) is 4.98 Å². The first-order valence-electron chi connectivity index (χ1n) is 8.35. The first kappa shape index (κ1) is 19.2. The van der Waals surface area contributed by atoms with Crippen LogP contribution in [-0.2, 0) is 32.5 Å². The van der Waals surface area contributed by atoms with Crippen LogP contribution in [0.1, 0.15) is 41.0 Å². The fourth-order valence-corrected chi connectivity index (χ4v) is 3.73. The molecule has 1 aliphatic heterocycles. The van der Waals surface area contributed by atoms with Crippen LogP contribution in [0, 0.1) is 0 Å². The molecule has 0 fully saturated rings. The average Bonchev–Trinajstić information content (AvgIpc) is 3.21. The van der Waals surface area contributed by atoms with Gasteiger partial charge in [-0.25, -0.2) is 4.98 Å². The Morgan fingerprint density at radius 2 is 2.04 bits per heavy atom. The van der Waals surface area contributed by atoms with Crippen LogP contribution in [0.15, 0.2) is 23.3 Å². The molecule has 1 aliphatic rings. The molecule has 0 bridgehead atoms. The van der Waals surface area contributed by atoms with Gasteiger partial charge in [-0.2, -0.15) is 0 Å². The van der Waals surface area contributed by atoms with Gasteiger partial charge in [-0.3, -0.25) is 4.99 Å². The normalized spacial score (nSPS) is 14.0. The van der Waals surface area contributed by atoms with Crippen molar-refractivity contribution in [3.63, 3.8) is 0 Å². The van der Waals surface area contributed by atoms with Gasteiger partial charge in [0.05, 0.1) is 18.8 Å². The van der Waals surface area contributed by atoms with Gasteiger partial charge in [-0.05, 0) is 31.4 Å². The third kappa shape index (κ3) is 4.95. The second kappa shape index (κ2) is 9.41. The maximum absolute atomic E-state index is 4.71. The fourth-order valence-electron chi connectivity index (χ4n) is 2.83. The second-order valence-corrected chi connectivity index (χ2v) is 7.05. The van der Waals surface area contributed by atoms with Crippen molar-refractivity contribution >= 4 is 41.3 Å². The Hall–Kier alpha value is -1.09. The summed E-state index contributed by atoms with van der Waals surface area (Å²) in [6.07, 6.45) is 6.89. The lowest BCUT2D eigenvalue weighted by molar-refractivity contribution is 0.522. The Kier molecular flexibility index (Phi) is 7.54. The second-order valence-electron chi connectivity index (χ2n) is 5.80. The molecule has 2 aromatic rings. The van der Waals surface area contributed by atoms with Crippen molar-refractivity contribution in [3.05, 3.63) is 39.6 Å². The van der Waals surface area contributed by atoms with Crippen LogP contribution in [0.25, 0.3) is 0 Å². The molecule has 0 radical (unpaired) electrons. The van der Waals surface area contributed by atoms with Crippen LogP contribution in [0.3, 0.4) is 0 Å². The summed E-state index contributed by atoms with van der Waals surface area (Å²) in [5.74, 6) is 2.05. The minimum absolute atomic E-state index is 0. The number of nitrogens with one attached hydrogen (secondary N) is 2. The molecule has 2 aromatic heterocycles. The maximum atomic E-state index is 4.71. The van der Waals surface area contributed by atoms with E-state index in [0.29, 0.717) is 6.54 Å². The molecule has 3 rings (SSSR count). The van der Waals surface area contributed by atoms with Gasteiger partial charge >= 0.3 is 0 Å². The molecule has 2 N–H and O–H groups in total. The van der Waals surface area contributed by atoms with Gasteiger partial charge in [-0.1, -0.05) is 6.92 Å². The Labute approximate surface area is 165 Å². The smallest absolute Gasteiger partial charge is 0.191 e. The number of aliphatic imine (C=N–C) groups is 1. The van der Waals surface area contributed by atoms with E-state index < -0.39 is 0 Å². The summed E-state index contributed by atoms with van der Waals surface area (Å²) in [6, 6.07) is 4.39.